The van der Waals surface area contributed by atoms with Gasteiger partial charge in [-0.3, -0.25) is 0 Å². The first kappa shape index (κ1) is 15.4. The number of sulfone groups is 1. The van der Waals surface area contributed by atoms with Crippen LogP contribution in [0.15, 0.2) is 23.1 Å². The summed E-state index contributed by atoms with van der Waals surface area (Å²) in [5.41, 5.74) is 4.88. The summed E-state index contributed by atoms with van der Waals surface area (Å²) in [7, 11) is -3.54. The first-order valence-corrected chi connectivity index (χ1v) is 7.52. The van der Waals surface area contributed by atoms with Gasteiger partial charge in [0.05, 0.1) is 27.8 Å². The fourth-order valence-corrected chi connectivity index (χ4v) is 3.11. The Labute approximate surface area is 113 Å². The van der Waals surface area contributed by atoms with Gasteiger partial charge in [-0.25, -0.2) is 12.8 Å². The van der Waals surface area contributed by atoms with Crippen molar-refractivity contribution in [3.8, 4) is 6.07 Å². The Morgan fingerprint density at radius 3 is 2.58 bits per heavy atom. The molecule has 0 aliphatic heterocycles. The highest BCUT2D eigenvalue weighted by atomic mass is 32.2. The van der Waals surface area contributed by atoms with Crippen molar-refractivity contribution >= 4 is 15.5 Å². The number of hydrogen-bond donors (Lipinski definition) is 1. The van der Waals surface area contributed by atoms with Crippen LogP contribution in [0.2, 0.25) is 0 Å². The molecule has 2 N–H and O–H groups in total. The number of rotatable bonds is 5. The van der Waals surface area contributed by atoms with Gasteiger partial charge in [0.2, 0.25) is 0 Å². The van der Waals surface area contributed by atoms with Crippen molar-refractivity contribution in [2.75, 3.05) is 11.5 Å². The molecule has 19 heavy (non-hydrogen) atoms. The van der Waals surface area contributed by atoms with Crippen LogP contribution in [0.1, 0.15) is 26.7 Å². The molecule has 0 radical (unpaired) electrons. The second kappa shape index (κ2) is 5.57. The molecular weight excluding hydrogens is 267 g/mol. The van der Waals surface area contributed by atoms with Crippen LogP contribution in [-0.2, 0) is 9.84 Å². The molecule has 0 aromatic heterocycles. The maximum absolute atomic E-state index is 12.9. The highest BCUT2D eigenvalue weighted by Crippen LogP contribution is 2.25. The van der Waals surface area contributed by atoms with Crippen molar-refractivity contribution in [2.45, 2.75) is 31.6 Å². The van der Waals surface area contributed by atoms with Crippen molar-refractivity contribution < 1.29 is 12.8 Å². The summed E-state index contributed by atoms with van der Waals surface area (Å²) in [5, 5.41) is 8.85. The molecule has 0 heterocycles. The standard InChI is InChI=1S/C13H17FN2O2S/c1-13(2,9-15)6-3-7-19(17,18)12-5-4-10(14)8-11(12)16/h4-5,8H,3,6-7,16H2,1-2H3. The minimum absolute atomic E-state index is 0.0522. The number of nitrogens with zero attached hydrogens (tertiary/aromatic N) is 1. The maximum atomic E-state index is 12.9. The minimum Gasteiger partial charge on any atom is -0.398 e. The van der Waals surface area contributed by atoms with Gasteiger partial charge in [-0.1, -0.05) is 0 Å². The molecule has 1 aromatic rings. The second-order valence-corrected chi connectivity index (χ2v) is 7.18. The molecule has 0 aliphatic carbocycles. The van der Waals surface area contributed by atoms with Gasteiger partial charge in [0, 0.05) is 0 Å². The average molecular weight is 284 g/mol. The number of hydrogen-bond acceptors (Lipinski definition) is 4. The SMILES string of the molecule is CC(C)(C#N)CCCS(=O)(=O)c1ccc(F)cc1N. The summed E-state index contributed by atoms with van der Waals surface area (Å²) in [5.74, 6) is -0.671. The van der Waals surface area contributed by atoms with Crippen LogP contribution in [0.3, 0.4) is 0 Å². The van der Waals surface area contributed by atoms with Crippen molar-refractivity contribution in [3.05, 3.63) is 24.0 Å². The molecule has 0 atom stereocenters. The lowest BCUT2D eigenvalue weighted by Gasteiger charge is -2.14. The zero-order valence-electron chi connectivity index (χ0n) is 11.0. The predicted octanol–water partition coefficient (Wildman–Crippen LogP) is 2.51. The van der Waals surface area contributed by atoms with Crippen LogP contribution in [0, 0.1) is 22.6 Å². The van der Waals surface area contributed by atoms with E-state index in [0.717, 1.165) is 12.1 Å². The normalized spacial score (nSPS) is 12.1. The van der Waals surface area contributed by atoms with E-state index < -0.39 is 21.1 Å². The minimum atomic E-state index is -3.54. The van der Waals surface area contributed by atoms with Crippen LogP contribution in [0.4, 0.5) is 10.1 Å². The van der Waals surface area contributed by atoms with Crippen LogP contribution in [-0.4, -0.2) is 14.2 Å². The van der Waals surface area contributed by atoms with Crippen LogP contribution < -0.4 is 5.73 Å². The third-order valence-corrected chi connectivity index (χ3v) is 4.69. The van der Waals surface area contributed by atoms with E-state index in [1.165, 1.54) is 6.07 Å². The summed E-state index contributed by atoms with van der Waals surface area (Å²) in [6, 6.07) is 5.36. The van der Waals surface area contributed by atoms with Gasteiger partial charge in [0.1, 0.15) is 5.82 Å². The summed E-state index contributed by atoms with van der Waals surface area (Å²) < 4.78 is 37.0. The summed E-state index contributed by atoms with van der Waals surface area (Å²) in [4.78, 5) is -0.0522. The molecule has 0 amide bonds. The lowest BCUT2D eigenvalue weighted by molar-refractivity contribution is 0.445. The van der Waals surface area contributed by atoms with Crippen molar-refractivity contribution in [1.29, 1.82) is 5.26 Å². The first-order chi connectivity index (χ1) is 8.68. The van der Waals surface area contributed by atoms with E-state index in [1.54, 1.807) is 13.8 Å². The number of benzene rings is 1. The van der Waals surface area contributed by atoms with Crippen LogP contribution >= 0.6 is 0 Å². The topological polar surface area (TPSA) is 84.0 Å². The molecule has 1 aromatic carbocycles. The van der Waals surface area contributed by atoms with Gasteiger partial charge < -0.3 is 5.73 Å². The van der Waals surface area contributed by atoms with Gasteiger partial charge in [-0.15, -0.1) is 0 Å². The van der Waals surface area contributed by atoms with Crippen LogP contribution in [0.25, 0.3) is 0 Å². The van der Waals surface area contributed by atoms with Gasteiger partial charge in [0.15, 0.2) is 9.84 Å². The zero-order chi connectivity index (χ0) is 14.7. The molecule has 6 heteroatoms. The molecule has 0 aliphatic rings. The van der Waals surface area contributed by atoms with E-state index in [0.29, 0.717) is 12.8 Å². The fourth-order valence-electron chi connectivity index (χ4n) is 1.67. The summed E-state index contributed by atoms with van der Waals surface area (Å²) >= 11 is 0. The molecule has 0 saturated heterocycles. The van der Waals surface area contributed by atoms with Gasteiger partial charge in [0.25, 0.3) is 0 Å². The number of nitrogens with two attached hydrogens (primary N) is 1. The molecule has 0 saturated carbocycles. The van der Waals surface area contributed by atoms with Gasteiger partial charge >= 0.3 is 0 Å². The number of nitrogen functional groups attached to an aromatic ring is 1. The van der Waals surface area contributed by atoms with E-state index in [2.05, 4.69) is 6.07 Å². The third kappa shape index (κ3) is 4.21. The zero-order valence-corrected chi connectivity index (χ0v) is 11.8. The monoisotopic (exact) mass is 284 g/mol. The molecule has 104 valence electrons. The van der Waals surface area contributed by atoms with Crippen LogP contribution in [0.5, 0.6) is 0 Å². The summed E-state index contributed by atoms with van der Waals surface area (Å²) in [6.45, 7) is 3.51. The second-order valence-electron chi connectivity index (χ2n) is 5.10. The highest BCUT2D eigenvalue weighted by molar-refractivity contribution is 7.91. The molecule has 0 bridgehead atoms. The Bertz CT molecular complexity index is 604. The van der Waals surface area contributed by atoms with E-state index in [4.69, 9.17) is 11.0 Å². The summed E-state index contributed by atoms with van der Waals surface area (Å²) in [6.07, 6.45) is 0.837. The Morgan fingerprint density at radius 1 is 1.42 bits per heavy atom. The number of nitriles is 1. The molecular formula is C13H17FN2O2S. The van der Waals surface area contributed by atoms with Gasteiger partial charge in [-0.05, 0) is 44.9 Å². The maximum Gasteiger partial charge on any atom is 0.180 e. The van der Waals surface area contributed by atoms with Crippen molar-refractivity contribution in [1.82, 2.24) is 0 Å². The third-order valence-electron chi connectivity index (χ3n) is 2.82. The first-order valence-electron chi connectivity index (χ1n) is 5.87. The van der Waals surface area contributed by atoms with E-state index in [9.17, 15) is 12.8 Å². The molecule has 0 fully saturated rings. The fraction of sp³-hybridized carbons (Fsp3) is 0.462. The average Bonchev–Trinajstić information content (AvgIpc) is 2.27. The smallest absolute Gasteiger partial charge is 0.180 e. The molecule has 0 spiro atoms. The largest absolute Gasteiger partial charge is 0.398 e. The molecule has 1 rings (SSSR count). The number of halogens is 1. The van der Waals surface area contributed by atoms with Gasteiger partial charge in [-0.2, -0.15) is 5.26 Å². The van der Waals surface area contributed by atoms with Crippen molar-refractivity contribution in [3.63, 3.8) is 0 Å². The Balaban J connectivity index is 2.80. The Hall–Kier alpha value is -1.61. The van der Waals surface area contributed by atoms with E-state index in [-0.39, 0.29) is 16.3 Å². The van der Waals surface area contributed by atoms with E-state index in [1.807, 2.05) is 0 Å². The predicted molar refractivity (Wildman–Crippen MR) is 71.5 cm³/mol. The molecule has 4 nitrogen and oxygen atoms in total. The van der Waals surface area contributed by atoms with Crippen molar-refractivity contribution in [2.24, 2.45) is 5.41 Å². The lowest BCUT2D eigenvalue weighted by atomic mass is 9.90. The quantitative estimate of drug-likeness (QED) is 0.665. The van der Waals surface area contributed by atoms with E-state index >= 15 is 0 Å². The molecule has 0 unspecified atom stereocenters. The Kier molecular flexibility index (Phi) is 4.53. The lowest BCUT2D eigenvalue weighted by Crippen LogP contribution is -2.14. The highest BCUT2D eigenvalue weighted by Gasteiger charge is 2.21. The Morgan fingerprint density at radius 2 is 2.05 bits per heavy atom. The number of anilines is 1.